The van der Waals surface area contributed by atoms with E-state index in [1.165, 1.54) is 4.90 Å². The number of hydrogen-bond donors (Lipinski definition) is 2. The number of carbonyl (C=O) groups is 2. The Morgan fingerprint density at radius 2 is 1.73 bits per heavy atom. The van der Waals surface area contributed by atoms with Crippen molar-refractivity contribution in [2.45, 2.75) is 19.0 Å². The zero-order chi connectivity index (χ0) is 18.7. The molecule has 136 valence electrons. The maximum Gasteiger partial charge on any atom is 0.329 e. The molecule has 1 heterocycles. The monoisotopic (exact) mass is 354 g/mol. The lowest BCUT2D eigenvalue weighted by Gasteiger charge is -2.23. The number of benzene rings is 2. The Morgan fingerprint density at radius 3 is 2.35 bits per heavy atom. The Bertz CT molecular complexity index is 792. The van der Waals surface area contributed by atoms with Gasteiger partial charge in [0.05, 0.1) is 14.2 Å². The Balaban J connectivity index is 1.69. The van der Waals surface area contributed by atoms with Crippen molar-refractivity contribution in [2.24, 2.45) is 0 Å². The molecule has 26 heavy (non-hydrogen) atoms. The topological polar surface area (TPSA) is 63.1 Å². The Kier molecular flexibility index (Phi) is 4.95. The van der Waals surface area contributed by atoms with Crippen LogP contribution in [-0.4, -0.2) is 37.7 Å². The van der Waals surface area contributed by atoms with Crippen LogP contribution in [0, 0.1) is 0 Å². The summed E-state index contributed by atoms with van der Waals surface area (Å²) >= 11 is 0. The molecule has 1 fully saturated rings. The lowest BCUT2D eigenvalue weighted by atomic mass is 9.92. The van der Waals surface area contributed by atoms with Crippen molar-refractivity contribution in [1.82, 2.24) is 10.2 Å². The normalized spacial score (nSPS) is 20.8. The van der Waals surface area contributed by atoms with Crippen molar-refractivity contribution in [2.75, 3.05) is 20.8 Å². The van der Waals surface area contributed by atoms with Crippen molar-refractivity contribution in [1.29, 1.82) is 0 Å². The molecule has 1 unspecified atom stereocenters. The summed E-state index contributed by atoms with van der Waals surface area (Å²) in [5.74, 6) is 0.585. The minimum atomic E-state index is -1.02. The number of hydrogen-bond acceptors (Lipinski definition) is 3. The Morgan fingerprint density at radius 1 is 1.08 bits per heavy atom. The van der Waals surface area contributed by atoms with Crippen LogP contribution in [0.4, 0.5) is 4.79 Å². The van der Waals surface area contributed by atoms with Crippen molar-refractivity contribution in [3.8, 4) is 5.75 Å². The first-order valence-electron chi connectivity index (χ1n) is 8.58. The molecule has 0 saturated carbocycles. The van der Waals surface area contributed by atoms with E-state index in [-0.39, 0.29) is 11.9 Å². The minimum Gasteiger partial charge on any atom is -0.497 e. The van der Waals surface area contributed by atoms with E-state index in [1.54, 1.807) is 14.0 Å². The third-order valence-electron chi connectivity index (χ3n) is 4.72. The second-order valence-electron chi connectivity index (χ2n) is 6.79. The maximum absolute atomic E-state index is 12.9. The summed E-state index contributed by atoms with van der Waals surface area (Å²) < 4.78 is 5.16. The Labute approximate surface area is 153 Å². The van der Waals surface area contributed by atoms with Gasteiger partial charge in [0.25, 0.3) is 5.91 Å². The van der Waals surface area contributed by atoms with Crippen LogP contribution < -0.4 is 15.0 Å². The van der Waals surface area contributed by atoms with Gasteiger partial charge in [0.15, 0.2) is 6.67 Å². The highest BCUT2D eigenvalue weighted by Gasteiger charge is 2.49. The molecule has 3 rings (SSSR count). The van der Waals surface area contributed by atoms with E-state index in [4.69, 9.17) is 4.74 Å². The third kappa shape index (κ3) is 3.41. The number of methoxy groups -OCH3 is 1. The van der Waals surface area contributed by atoms with E-state index < -0.39 is 5.54 Å². The molecule has 6 heteroatoms. The summed E-state index contributed by atoms with van der Waals surface area (Å²) in [4.78, 5) is 27.7. The molecule has 0 bridgehead atoms. The number of rotatable bonds is 6. The minimum absolute atomic E-state index is 0.220. The van der Waals surface area contributed by atoms with Gasteiger partial charge >= 0.3 is 6.03 Å². The summed E-state index contributed by atoms with van der Waals surface area (Å²) in [7, 11) is 3.59. The van der Waals surface area contributed by atoms with Gasteiger partial charge < -0.3 is 15.0 Å². The molecule has 0 radical (unpaired) electrons. The van der Waals surface area contributed by atoms with Crippen LogP contribution in [0.5, 0.6) is 5.75 Å². The summed E-state index contributed by atoms with van der Waals surface area (Å²) in [6, 6.07) is 16.8. The van der Waals surface area contributed by atoms with E-state index in [0.29, 0.717) is 13.2 Å². The number of quaternary nitrogens is 1. The summed E-state index contributed by atoms with van der Waals surface area (Å²) in [6.45, 7) is 2.75. The maximum atomic E-state index is 12.9. The second kappa shape index (κ2) is 7.17. The van der Waals surface area contributed by atoms with Crippen LogP contribution in [0.1, 0.15) is 18.1 Å². The molecular weight excluding hydrogens is 330 g/mol. The molecule has 3 amide bonds. The van der Waals surface area contributed by atoms with Crippen molar-refractivity contribution >= 4 is 11.9 Å². The largest absolute Gasteiger partial charge is 0.497 e. The van der Waals surface area contributed by atoms with Crippen molar-refractivity contribution < 1.29 is 19.2 Å². The summed E-state index contributed by atoms with van der Waals surface area (Å²) in [6.07, 6.45) is 0. The summed E-state index contributed by atoms with van der Waals surface area (Å²) in [5.41, 5.74) is 0.883. The molecule has 0 aliphatic carbocycles. The number of nitrogens with zero attached hydrogens (tertiary/aromatic N) is 1. The molecule has 1 saturated heterocycles. The molecule has 2 aromatic carbocycles. The fraction of sp³-hybridized carbons (Fsp3) is 0.300. The number of carbonyl (C=O) groups excluding carboxylic acids is 2. The fourth-order valence-corrected chi connectivity index (χ4v) is 3.23. The highest BCUT2D eigenvalue weighted by atomic mass is 16.5. The van der Waals surface area contributed by atoms with Gasteiger partial charge in [0, 0.05) is 5.56 Å². The van der Waals surface area contributed by atoms with E-state index in [1.807, 2.05) is 61.6 Å². The third-order valence-corrected chi connectivity index (χ3v) is 4.72. The van der Waals surface area contributed by atoms with Crippen LogP contribution in [0.3, 0.4) is 0 Å². The van der Waals surface area contributed by atoms with E-state index >= 15 is 0 Å². The standard InChI is InChI=1S/C20H23N3O3/c1-20(16-7-5-4-6-8-16)18(24)23(19(25)21-20)14-22(2)13-15-9-11-17(26-3)12-10-15/h4-12H,13-14H2,1-3H3,(H,21,25)/p+1/t20-/m1/s1. The van der Waals surface area contributed by atoms with Gasteiger partial charge in [-0.3, -0.25) is 4.79 Å². The fourth-order valence-electron chi connectivity index (χ4n) is 3.23. The van der Waals surface area contributed by atoms with Crippen molar-refractivity contribution in [3.05, 3.63) is 65.7 Å². The Hall–Kier alpha value is -2.86. The van der Waals surface area contributed by atoms with Gasteiger partial charge in [-0.25, -0.2) is 9.69 Å². The number of amides is 3. The van der Waals surface area contributed by atoms with Crippen LogP contribution in [0.2, 0.25) is 0 Å². The van der Waals surface area contributed by atoms with Gasteiger partial charge in [-0.15, -0.1) is 0 Å². The van der Waals surface area contributed by atoms with Gasteiger partial charge in [0.1, 0.15) is 17.8 Å². The van der Waals surface area contributed by atoms with Crippen LogP contribution >= 0.6 is 0 Å². The SMILES string of the molecule is COc1ccc(C[NH+](C)CN2C(=O)N[C@](C)(c3ccccc3)C2=O)cc1. The molecule has 6 nitrogen and oxygen atoms in total. The zero-order valence-corrected chi connectivity index (χ0v) is 15.3. The molecule has 2 aromatic rings. The van der Waals surface area contributed by atoms with E-state index in [9.17, 15) is 9.59 Å². The highest BCUT2D eigenvalue weighted by Crippen LogP contribution is 2.27. The first-order chi connectivity index (χ1) is 12.4. The number of ether oxygens (including phenoxy) is 1. The average molecular weight is 354 g/mol. The van der Waals surface area contributed by atoms with E-state index in [0.717, 1.165) is 21.8 Å². The molecular formula is C20H24N3O3+. The number of nitrogens with one attached hydrogen (secondary N) is 2. The highest BCUT2D eigenvalue weighted by molar-refractivity contribution is 6.07. The molecule has 2 N–H and O–H groups in total. The van der Waals surface area contributed by atoms with Gasteiger partial charge in [-0.05, 0) is 36.8 Å². The molecule has 0 aromatic heterocycles. The second-order valence-corrected chi connectivity index (χ2v) is 6.79. The first kappa shape index (κ1) is 17.9. The quantitative estimate of drug-likeness (QED) is 0.765. The van der Waals surface area contributed by atoms with Gasteiger partial charge in [0.2, 0.25) is 0 Å². The number of urea groups is 1. The lowest BCUT2D eigenvalue weighted by Crippen LogP contribution is -3.09. The smallest absolute Gasteiger partial charge is 0.329 e. The first-order valence-corrected chi connectivity index (χ1v) is 8.58. The van der Waals surface area contributed by atoms with E-state index in [2.05, 4.69) is 5.32 Å². The van der Waals surface area contributed by atoms with Crippen LogP contribution in [-0.2, 0) is 16.9 Å². The van der Waals surface area contributed by atoms with Crippen LogP contribution in [0.15, 0.2) is 54.6 Å². The molecule has 1 aliphatic heterocycles. The van der Waals surface area contributed by atoms with Crippen LogP contribution in [0.25, 0.3) is 0 Å². The van der Waals surface area contributed by atoms with Gasteiger partial charge in [-0.1, -0.05) is 30.3 Å². The van der Waals surface area contributed by atoms with Gasteiger partial charge in [-0.2, -0.15) is 0 Å². The zero-order valence-electron chi connectivity index (χ0n) is 15.3. The number of imide groups is 1. The average Bonchev–Trinajstić information content (AvgIpc) is 2.87. The van der Waals surface area contributed by atoms with Crippen molar-refractivity contribution in [3.63, 3.8) is 0 Å². The lowest BCUT2D eigenvalue weighted by molar-refractivity contribution is -0.901. The molecule has 1 aliphatic rings. The summed E-state index contributed by atoms with van der Waals surface area (Å²) in [5, 5.41) is 2.84. The predicted octanol–water partition coefficient (Wildman–Crippen LogP) is 1.13. The predicted molar refractivity (Wildman–Crippen MR) is 97.6 cm³/mol. The molecule has 2 atom stereocenters. The molecule has 0 spiro atoms.